The summed E-state index contributed by atoms with van der Waals surface area (Å²) in [5.74, 6) is 0.379. The van der Waals surface area contributed by atoms with Gasteiger partial charge in [-0.25, -0.2) is 10.2 Å². The van der Waals surface area contributed by atoms with E-state index in [0.717, 1.165) is 22.3 Å². The molecule has 0 unspecified atom stereocenters. The van der Waals surface area contributed by atoms with Crippen molar-refractivity contribution in [2.75, 3.05) is 5.43 Å². The number of aromatic nitrogens is 4. The van der Waals surface area contributed by atoms with Crippen LogP contribution in [0.5, 0.6) is 0 Å². The Balaban J connectivity index is 1.83. The van der Waals surface area contributed by atoms with E-state index in [2.05, 4.69) is 26.6 Å². The average molecular weight is 402 g/mol. The first-order valence-electron chi connectivity index (χ1n) is 9.54. The molecule has 0 saturated heterocycles. The van der Waals surface area contributed by atoms with Crippen LogP contribution >= 0.6 is 0 Å². The van der Waals surface area contributed by atoms with Crippen molar-refractivity contribution in [3.05, 3.63) is 91.6 Å². The van der Waals surface area contributed by atoms with Crippen LogP contribution < -0.4 is 16.7 Å². The van der Waals surface area contributed by atoms with Crippen molar-refractivity contribution in [1.29, 1.82) is 0 Å². The van der Waals surface area contributed by atoms with Crippen LogP contribution in [0.3, 0.4) is 0 Å². The molecule has 8 nitrogen and oxygen atoms in total. The molecule has 4 aromatic rings. The molecular weight excluding hydrogens is 380 g/mol. The molecule has 0 fully saturated rings. The van der Waals surface area contributed by atoms with Gasteiger partial charge in [0, 0.05) is 7.05 Å². The molecule has 2 aromatic carbocycles. The van der Waals surface area contributed by atoms with Gasteiger partial charge in [-0.2, -0.15) is 10.1 Å². The molecule has 152 valence electrons. The second-order valence-corrected chi connectivity index (χ2v) is 7.22. The van der Waals surface area contributed by atoms with Crippen molar-refractivity contribution < 1.29 is 0 Å². The maximum Gasteiger partial charge on any atom is 0.329 e. The standard InChI is InChI=1S/C22H22N6O2/c1-14-9-10-15(2)17(11-14)13-28-18-19(27(3)22(30)25-20(18)29)24-21(28)26-23-12-16-7-5-4-6-8-16/h4-12H,13H2,1-3H3,(H,24,26)(H,25,29,30)/b23-12-. The van der Waals surface area contributed by atoms with E-state index >= 15 is 0 Å². The third kappa shape index (κ3) is 3.67. The molecule has 0 atom stereocenters. The number of aryl methyl sites for hydroxylation is 3. The Morgan fingerprint density at radius 2 is 1.90 bits per heavy atom. The van der Waals surface area contributed by atoms with E-state index in [0.29, 0.717) is 23.7 Å². The van der Waals surface area contributed by atoms with Gasteiger partial charge in [0.25, 0.3) is 5.56 Å². The maximum atomic E-state index is 12.6. The largest absolute Gasteiger partial charge is 0.329 e. The molecule has 0 amide bonds. The summed E-state index contributed by atoms with van der Waals surface area (Å²) >= 11 is 0. The summed E-state index contributed by atoms with van der Waals surface area (Å²) in [7, 11) is 1.58. The van der Waals surface area contributed by atoms with Gasteiger partial charge in [-0.1, -0.05) is 54.1 Å². The quantitative estimate of drug-likeness (QED) is 0.396. The van der Waals surface area contributed by atoms with Crippen LogP contribution in [0, 0.1) is 13.8 Å². The zero-order valence-electron chi connectivity index (χ0n) is 17.0. The van der Waals surface area contributed by atoms with E-state index in [1.807, 2.05) is 56.3 Å². The van der Waals surface area contributed by atoms with Crippen LogP contribution in [0.25, 0.3) is 11.2 Å². The third-order valence-electron chi connectivity index (χ3n) is 5.02. The van der Waals surface area contributed by atoms with Crippen molar-refractivity contribution >= 4 is 23.3 Å². The fourth-order valence-electron chi connectivity index (χ4n) is 3.32. The third-order valence-corrected chi connectivity index (χ3v) is 5.02. The molecule has 2 aromatic heterocycles. The van der Waals surface area contributed by atoms with Crippen molar-refractivity contribution in [3.63, 3.8) is 0 Å². The first-order chi connectivity index (χ1) is 14.4. The van der Waals surface area contributed by atoms with Crippen LogP contribution in [-0.2, 0) is 13.6 Å². The number of hydrogen-bond donors (Lipinski definition) is 2. The van der Waals surface area contributed by atoms with E-state index < -0.39 is 11.2 Å². The van der Waals surface area contributed by atoms with Crippen LogP contribution in [0.2, 0.25) is 0 Å². The van der Waals surface area contributed by atoms with Crippen molar-refractivity contribution in [1.82, 2.24) is 19.1 Å². The number of anilines is 1. The minimum atomic E-state index is -0.511. The predicted octanol–water partition coefficient (Wildman–Crippen LogP) is 2.53. The fourth-order valence-corrected chi connectivity index (χ4v) is 3.32. The van der Waals surface area contributed by atoms with E-state index in [9.17, 15) is 9.59 Å². The molecule has 0 aliphatic rings. The smallest absolute Gasteiger partial charge is 0.298 e. The molecule has 2 heterocycles. The van der Waals surface area contributed by atoms with E-state index in [1.165, 1.54) is 4.57 Å². The monoisotopic (exact) mass is 402 g/mol. The predicted molar refractivity (Wildman–Crippen MR) is 118 cm³/mol. The average Bonchev–Trinajstić information content (AvgIpc) is 3.09. The second kappa shape index (κ2) is 7.82. The summed E-state index contributed by atoms with van der Waals surface area (Å²) in [5, 5.41) is 4.27. The second-order valence-electron chi connectivity index (χ2n) is 7.22. The Hall–Kier alpha value is -3.94. The molecule has 4 rings (SSSR count). The number of nitrogens with one attached hydrogen (secondary N) is 2. The molecule has 0 saturated carbocycles. The molecule has 0 aliphatic heterocycles. The summed E-state index contributed by atoms with van der Waals surface area (Å²) in [6, 6.07) is 15.8. The highest BCUT2D eigenvalue weighted by Gasteiger charge is 2.18. The maximum absolute atomic E-state index is 12.6. The number of nitrogens with zero attached hydrogens (tertiary/aromatic N) is 4. The molecule has 2 N–H and O–H groups in total. The SMILES string of the molecule is Cc1ccc(C)c(Cn2c(N/N=C\c3ccccc3)nc3c2c(=O)[nH]c(=O)n3C)c1. The van der Waals surface area contributed by atoms with Gasteiger partial charge in [-0.3, -0.25) is 18.9 Å². The van der Waals surface area contributed by atoms with E-state index in [-0.39, 0.29) is 0 Å². The summed E-state index contributed by atoms with van der Waals surface area (Å²) in [6.07, 6.45) is 1.67. The Labute approximate surface area is 172 Å². The zero-order valence-corrected chi connectivity index (χ0v) is 17.0. The first kappa shape index (κ1) is 19.4. The molecule has 30 heavy (non-hydrogen) atoms. The van der Waals surface area contributed by atoms with Crippen molar-refractivity contribution in [2.45, 2.75) is 20.4 Å². The fraction of sp³-hybridized carbons (Fsp3) is 0.182. The Bertz CT molecular complexity index is 1360. The number of hydrogen-bond acceptors (Lipinski definition) is 5. The number of benzene rings is 2. The summed E-state index contributed by atoms with van der Waals surface area (Å²) < 4.78 is 3.07. The van der Waals surface area contributed by atoms with Gasteiger partial charge < -0.3 is 0 Å². The minimum Gasteiger partial charge on any atom is -0.298 e. The van der Waals surface area contributed by atoms with Gasteiger partial charge in [-0.15, -0.1) is 0 Å². The minimum absolute atomic E-state index is 0.298. The highest BCUT2D eigenvalue weighted by atomic mass is 16.2. The van der Waals surface area contributed by atoms with Crippen LogP contribution in [0.15, 0.2) is 63.2 Å². The topological polar surface area (TPSA) is 97.1 Å². The van der Waals surface area contributed by atoms with Crippen LogP contribution in [-0.4, -0.2) is 25.3 Å². The Morgan fingerprint density at radius 3 is 2.67 bits per heavy atom. The van der Waals surface area contributed by atoms with Gasteiger partial charge in [0.05, 0.1) is 12.8 Å². The lowest BCUT2D eigenvalue weighted by atomic mass is 10.1. The van der Waals surface area contributed by atoms with Crippen molar-refractivity contribution in [2.24, 2.45) is 12.1 Å². The molecule has 0 spiro atoms. The Morgan fingerprint density at radius 1 is 1.13 bits per heavy atom. The van der Waals surface area contributed by atoms with E-state index in [4.69, 9.17) is 0 Å². The number of fused-ring (bicyclic) bond motifs is 1. The molecule has 0 aliphatic carbocycles. The number of rotatable bonds is 5. The number of H-pyrrole nitrogens is 1. The van der Waals surface area contributed by atoms with Gasteiger partial charge in [-0.05, 0) is 30.5 Å². The van der Waals surface area contributed by atoms with Gasteiger partial charge in [0.15, 0.2) is 11.2 Å². The molecule has 8 heteroatoms. The zero-order chi connectivity index (χ0) is 21.3. The van der Waals surface area contributed by atoms with Gasteiger partial charge >= 0.3 is 5.69 Å². The van der Waals surface area contributed by atoms with Gasteiger partial charge in [0.1, 0.15) is 0 Å². The number of aromatic amines is 1. The summed E-state index contributed by atoms with van der Waals surface area (Å²) in [6.45, 7) is 4.46. The lowest BCUT2D eigenvalue weighted by Crippen LogP contribution is -2.29. The highest BCUT2D eigenvalue weighted by Crippen LogP contribution is 2.20. The lowest BCUT2D eigenvalue weighted by molar-refractivity contribution is 0.804. The summed E-state index contributed by atoms with van der Waals surface area (Å²) in [4.78, 5) is 31.5. The first-order valence-corrected chi connectivity index (χ1v) is 9.54. The number of imidazole rings is 1. The normalized spacial score (nSPS) is 11.4. The van der Waals surface area contributed by atoms with Crippen LogP contribution in [0.4, 0.5) is 5.95 Å². The molecular formula is C22H22N6O2. The number of hydrazone groups is 1. The van der Waals surface area contributed by atoms with Gasteiger partial charge in [0.2, 0.25) is 5.95 Å². The highest BCUT2D eigenvalue weighted by molar-refractivity contribution is 5.80. The molecule has 0 bridgehead atoms. The van der Waals surface area contributed by atoms with E-state index in [1.54, 1.807) is 17.8 Å². The molecule has 0 radical (unpaired) electrons. The lowest BCUT2D eigenvalue weighted by Gasteiger charge is -2.11. The van der Waals surface area contributed by atoms with Crippen LogP contribution in [0.1, 0.15) is 22.3 Å². The Kier molecular flexibility index (Phi) is 5.05. The summed E-state index contributed by atoms with van der Waals surface area (Å²) in [5.41, 5.74) is 6.75. The van der Waals surface area contributed by atoms with Crippen molar-refractivity contribution in [3.8, 4) is 0 Å².